The van der Waals surface area contributed by atoms with Crippen molar-refractivity contribution in [2.24, 2.45) is 0 Å². The first kappa shape index (κ1) is 12.8. The molecule has 0 spiro atoms. The highest BCUT2D eigenvalue weighted by Gasteiger charge is 2.18. The van der Waals surface area contributed by atoms with Gasteiger partial charge in [0.05, 0.1) is 5.69 Å². The molecule has 0 saturated carbocycles. The zero-order chi connectivity index (χ0) is 14.4. The van der Waals surface area contributed by atoms with Crippen molar-refractivity contribution in [1.82, 2.24) is 29.4 Å². The molecular formula is C12H7ClN6S2. The molecular weight excluding hydrogens is 328 g/mol. The maximum atomic E-state index is 5.91. The van der Waals surface area contributed by atoms with Crippen LogP contribution in [0.4, 0.5) is 0 Å². The predicted octanol–water partition coefficient (Wildman–Crippen LogP) is 3.33. The SMILES string of the molecule is Cc1nnsc1-c1nnc2sc(-c3ccc(Cl)cc3)nn12. The largest absolute Gasteiger partial charge is 0.235 e. The predicted molar refractivity (Wildman–Crippen MR) is 82.7 cm³/mol. The van der Waals surface area contributed by atoms with Gasteiger partial charge < -0.3 is 0 Å². The molecule has 9 heteroatoms. The van der Waals surface area contributed by atoms with Crippen LogP contribution < -0.4 is 0 Å². The maximum Gasteiger partial charge on any atom is 0.235 e. The summed E-state index contributed by atoms with van der Waals surface area (Å²) in [7, 11) is 0. The second kappa shape index (κ2) is 4.83. The van der Waals surface area contributed by atoms with Gasteiger partial charge in [0.1, 0.15) is 9.88 Å². The normalized spacial score (nSPS) is 11.3. The molecule has 104 valence electrons. The first-order valence-corrected chi connectivity index (χ1v) is 7.96. The molecule has 0 radical (unpaired) electrons. The Bertz CT molecular complexity index is 923. The second-order valence-electron chi connectivity index (χ2n) is 4.32. The molecule has 0 N–H and O–H groups in total. The number of benzene rings is 1. The molecule has 0 aliphatic heterocycles. The van der Waals surface area contributed by atoms with Gasteiger partial charge in [-0.05, 0) is 30.6 Å². The lowest BCUT2D eigenvalue weighted by Gasteiger charge is -1.95. The van der Waals surface area contributed by atoms with Crippen LogP contribution in [-0.2, 0) is 0 Å². The average Bonchev–Trinajstić information content (AvgIpc) is 3.15. The molecule has 1 aromatic carbocycles. The summed E-state index contributed by atoms with van der Waals surface area (Å²) in [6, 6.07) is 7.56. The minimum Gasteiger partial charge on any atom is -0.181 e. The number of hydrogen-bond donors (Lipinski definition) is 0. The number of aryl methyl sites for hydroxylation is 1. The summed E-state index contributed by atoms with van der Waals surface area (Å²) in [6.45, 7) is 1.90. The van der Waals surface area contributed by atoms with E-state index < -0.39 is 0 Å². The molecule has 0 aliphatic carbocycles. The third-order valence-electron chi connectivity index (χ3n) is 2.94. The van der Waals surface area contributed by atoms with Crippen molar-refractivity contribution in [3.05, 3.63) is 35.0 Å². The first-order valence-electron chi connectivity index (χ1n) is 6.00. The van der Waals surface area contributed by atoms with Crippen molar-refractivity contribution >= 4 is 39.4 Å². The number of hydrogen-bond acceptors (Lipinski definition) is 7. The Morgan fingerprint density at radius 2 is 1.90 bits per heavy atom. The van der Waals surface area contributed by atoms with Crippen molar-refractivity contribution in [3.8, 4) is 21.3 Å². The minimum atomic E-state index is 0.675. The van der Waals surface area contributed by atoms with Gasteiger partial charge in [0.15, 0.2) is 5.82 Å². The van der Waals surface area contributed by atoms with E-state index in [-0.39, 0.29) is 0 Å². The van der Waals surface area contributed by atoms with Gasteiger partial charge in [0, 0.05) is 10.6 Å². The summed E-state index contributed by atoms with van der Waals surface area (Å²) in [5, 5.41) is 18.5. The van der Waals surface area contributed by atoms with E-state index >= 15 is 0 Å². The molecule has 6 nitrogen and oxygen atoms in total. The number of aromatic nitrogens is 6. The molecule has 0 unspecified atom stereocenters. The summed E-state index contributed by atoms with van der Waals surface area (Å²) < 4.78 is 5.66. The Morgan fingerprint density at radius 1 is 1.10 bits per heavy atom. The Hall–Kier alpha value is -1.90. The van der Waals surface area contributed by atoms with E-state index in [4.69, 9.17) is 11.6 Å². The smallest absolute Gasteiger partial charge is 0.181 e. The van der Waals surface area contributed by atoms with E-state index in [1.807, 2.05) is 31.2 Å². The quantitative estimate of drug-likeness (QED) is 0.562. The monoisotopic (exact) mass is 334 g/mol. The van der Waals surface area contributed by atoms with E-state index in [0.29, 0.717) is 10.8 Å². The van der Waals surface area contributed by atoms with Crippen LogP contribution >= 0.6 is 34.5 Å². The van der Waals surface area contributed by atoms with Crippen LogP contribution in [0, 0.1) is 6.92 Å². The zero-order valence-electron chi connectivity index (χ0n) is 10.7. The molecule has 4 aromatic rings. The fourth-order valence-electron chi connectivity index (χ4n) is 1.90. The lowest BCUT2D eigenvalue weighted by atomic mass is 10.2. The Morgan fingerprint density at radius 3 is 2.62 bits per heavy atom. The molecule has 0 bridgehead atoms. The molecule has 4 rings (SSSR count). The van der Waals surface area contributed by atoms with Crippen molar-refractivity contribution in [1.29, 1.82) is 0 Å². The van der Waals surface area contributed by atoms with Gasteiger partial charge in [-0.1, -0.05) is 39.6 Å². The first-order chi connectivity index (χ1) is 10.2. The van der Waals surface area contributed by atoms with Crippen molar-refractivity contribution in [3.63, 3.8) is 0 Å². The summed E-state index contributed by atoms with van der Waals surface area (Å²) >= 11 is 8.68. The highest BCUT2D eigenvalue weighted by molar-refractivity contribution is 7.19. The van der Waals surface area contributed by atoms with E-state index in [9.17, 15) is 0 Å². The van der Waals surface area contributed by atoms with E-state index in [1.54, 1.807) is 4.52 Å². The van der Waals surface area contributed by atoms with Gasteiger partial charge in [-0.3, -0.25) is 0 Å². The number of fused-ring (bicyclic) bond motifs is 1. The minimum absolute atomic E-state index is 0.675. The fourth-order valence-corrected chi connectivity index (χ4v) is 3.50. The van der Waals surface area contributed by atoms with Crippen molar-refractivity contribution < 1.29 is 0 Å². The van der Waals surface area contributed by atoms with E-state index in [1.165, 1.54) is 22.9 Å². The number of nitrogens with zero attached hydrogens (tertiary/aromatic N) is 6. The zero-order valence-corrected chi connectivity index (χ0v) is 13.1. The van der Waals surface area contributed by atoms with E-state index in [2.05, 4.69) is 24.9 Å². The second-order valence-corrected chi connectivity index (χ2v) is 6.47. The van der Waals surface area contributed by atoms with Gasteiger partial charge in [0.2, 0.25) is 4.96 Å². The van der Waals surface area contributed by atoms with Gasteiger partial charge >= 0.3 is 0 Å². The lowest BCUT2D eigenvalue weighted by Crippen LogP contribution is -1.90. The molecule has 21 heavy (non-hydrogen) atoms. The summed E-state index contributed by atoms with van der Waals surface area (Å²) in [5.41, 5.74) is 1.83. The Balaban J connectivity index is 1.86. The van der Waals surface area contributed by atoms with Gasteiger partial charge in [0.25, 0.3) is 0 Å². The van der Waals surface area contributed by atoms with Gasteiger partial charge in [-0.2, -0.15) is 9.61 Å². The standard InChI is InChI=1S/C12H7ClN6S2/c1-6-9(21-18-14-6)10-15-16-12-19(10)17-11(20-12)7-2-4-8(13)5-3-7/h2-5H,1H3. The average molecular weight is 335 g/mol. The highest BCUT2D eigenvalue weighted by atomic mass is 35.5. The highest BCUT2D eigenvalue weighted by Crippen LogP contribution is 2.30. The Labute approximate surface area is 132 Å². The van der Waals surface area contributed by atoms with E-state index in [0.717, 1.165) is 26.1 Å². The van der Waals surface area contributed by atoms with Crippen LogP contribution in [0.5, 0.6) is 0 Å². The number of rotatable bonds is 2. The summed E-state index contributed by atoms with van der Waals surface area (Å²) in [5.74, 6) is 0.675. The van der Waals surface area contributed by atoms with Crippen molar-refractivity contribution in [2.75, 3.05) is 0 Å². The molecule has 0 atom stereocenters. The van der Waals surface area contributed by atoms with Crippen molar-refractivity contribution in [2.45, 2.75) is 6.92 Å². The molecule has 3 heterocycles. The van der Waals surface area contributed by atoms with Crippen LogP contribution in [0.25, 0.3) is 26.2 Å². The third kappa shape index (κ3) is 2.11. The Kier molecular flexibility index (Phi) is 2.95. The van der Waals surface area contributed by atoms with Gasteiger partial charge in [-0.25, -0.2) is 0 Å². The van der Waals surface area contributed by atoms with Crippen LogP contribution in [-0.4, -0.2) is 29.4 Å². The third-order valence-corrected chi connectivity index (χ3v) is 4.96. The molecule has 3 aromatic heterocycles. The molecule has 0 saturated heterocycles. The lowest BCUT2D eigenvalue weighted by molar-refractivity contribution is 0.969. The molecule has 0 fully saturated rings. The van der Waals surface area contributed by atoms with Crippen LogP contribution in [0.2, 0.25) is 5.02 Å². The number of halogens is 1. The molecule has 0 aliphatic rings. The van der Waals surface area contributed by atoms with Crippen LogP contribution in [0.3, 0.4) is 0 Å². The molecule has 0 amide bonds. The van der Waals surface area contributed by atoms with Crippen LogP contribution in [0.15, 0.2) is 24.3 Å². The fraction of sp³-hybridized carbons (Fsp3) is 0.0833. The summed E-state index contributed by atoms with van der Waals surface area (Å²) in [6.07, 6.45) is 0. The maximum absolute atomic E-state index is 5.91. The summed E-state index contributed by atoms with van der Waals surface area (Å²) in [4.78, 5) is 1.62. The van der Waals surface area contributed by atoms with Gasteiger partial charge in [-0.15, -0.1) is 15.3 Å². The topological polar surface area (TPSA) is 68.9 Å². The van der Waals surface area contributed by atoms with Crippen LogP contribution in [0.1, 0.15) is 5.69 Å².